The molecule has 0 aliphatic heterocycles. The molecule has 0 aliphatic rings. The van der Waals surface area contributed by atoms with Gasteiger partial charge >= 0.3 is 5.97 Å². The van der Waals surface area contributed by atoms with Gasteiger partial charge in [-0.25, -0.2) is 14.2 Å². The normalized spacial score (nSPS) is 10.4. The van der Waals surface area contributed by atoms with Gasteiger partial charge in [0, 0.05) is 5.56 Å². The maximum absolute atomic E-state index is 13.0. The molecule has 1 N–H and O–H groups in total. The quantitative estimate of drug-likeness (QED) is 0.846. The summed E-state index contributed by atoms with van der Waals surface area (Å²) >= 11 is 0. The molecule has 0 spiro atoms. The van der Waals surface area contributed by atoms with Crippen molar-refractivity contribution >= 4 is 5.97 Å². The van der Waals surface area contributed by atoms with Crippen LogP contribution in [-0.4, -0.2) is 16.1 Å². The number of aromatic nitrogens is 1. The van der Waals surface area contributed by atoms with Crippen molar-refractivity contribution in [2.45, 2.75) is 6.92 Å². The number of oxazole rings is 1. The van der Waals surface area contributed by atoms with Gasteiger partial charge in [-0.3, -0.25) is 0 Å². The third-order valence-electron chi connectivity index (χ3n) is 2.13. The number of carboxylic acid groups (broad SMARTS) is 1. The van der Waals surface area contributed by atoms with E-state index < -0.39 is 5.97 Å². The average molecular weight is 221 g/mol. The van der Waals surface area contributed by atoms with Crippen molar-refractivity contribution in [3.8, 4) is 11.5 Å². The second-order valence-electron chi connectivity index (χ2n) is 3.31. The Morgan fingerprint density at radius 3 is 2.81 bits per heavy atom. The molecule has 16 heavy (non-hydrogen) atoms. The van der Waals surface area contributed by atoms with E-state index in [9.17, 15) is 9.18 Å². The molecule has 82 valence electrons. The molecule has 1 aromatic carbocycles. The van der Waals surface area contributed by atoms with Crippen LogP contribution in [0.15, 0.2) is 28.9 Å². The van der Waals surface area contributed by atoms with E-state index in [1.54, 1.807) is 13.0 Å². The van der Waals surface area contributed by atoms with Crippen LogP contribution >= 0.6 is 0 Å². The summed E-state index contributed by atoms with van der Waals surface area (Å²) in [5.41, 5.74) is 0.830. The minimum absolute atomic E-state index is 0.167. The molecular weight excluding hydrogens is 213 g/mol. The Bertz CT molecular complexity index is 548. The van der Waals surface area contributed by atoms with Crippen molar-refractivity contribution in [2.75, 3.05) is 0 Å². The summed E-state index contributed by atoms with van der Waals surface area (Å²) in [7, 11) is 0. The van der Waals surface area contributed by atoms with Gasteiger partial charge in [0.05, 0.1) is 0 Å². The number of hydrogen-bond acceptors (Lipinski definition) is 3. The van der Waals surface area contributed by atoms with Crippen molar-refractivity contribution < 1.29 is 18.7 Å². The Hall–Kier alpha value is -2.17. The van der Waals surface area contributed by atoms with E-state index in [0.29, 0.717) is 11.1 Å². The molecule has 1 heterocycles. The largest absolute Gasteiger partial charge is 0.476 e. The summed E-state index contributed by atoms with van der Waals surface area (Å²) in [4.78, 5) is 14.3. The number of halogens is 1. The molecule has 0 bridgehead atoms. The fourth-order valence-electron chi connectivity index (χ4n) is 1.28. The predicted molar refractivity (Wildman–Crippen MR) is 53.6 cm³/mol. The molecule has 0 atom stereocenters. The van der Waals surface area contributed by atoms with Gasteiger partial charge in [0.1, 0.15) is 12.1 Å². The molecule has 0 fully saturated rings. The van der Waals surface area contributed by atoms with Crippen LogP contribution < -0.4 is 0 Å². The molecule has 0 amide bonds. The highest BCUT2D eigenvalue weighted by Crippen LogP contribution is 2.21. The number of carboxylic acids is 1. The minimum atomic E-state index is -1.16. The molecule has 0 radical (unpaired) electrons. The summed E-state index contributed by atoms with van der Waals surface area (Å²) in [5.74, 6) is -1.32. The van der Waals surface area contributed by atoms with Crippen LogP contribution in [0.1, 0.15) is 16.1 Å². The highest BCUT2D eigenvalue weighted by Gasteiger charge is 2.12. The van der Waals surface area contributed by atoms with E-state index in [1.165, 1.54) is 12.1 Å². The molecule has 1 aromatic heterocycles. The van der Waals surface area contributed by atoms with Gasteiger partial charge in [-0.1, -0.05) is 0 Å². The molecule has 0 unspecified atom stereocenters. The van der Waals surface area contributed by atoms with E-state index in [1.807, 2.05) is 0 Å². The van der Waals surface area contributed by atoms with E-state index in [4.69, 9.17) is 9.52 Å². The zero-order valence-corrected chi connectivity index (χ0v) is 8.40. The topological polar surface area (TPSA) is 63.3 Å². The number of aromatic carboxylic acids is 1. The molecule has 4 nitrogen and oxygen atoms in total. The Labute approximate surface area is 90.4 Å². The van der Waals surface area contributed by atoms with Crippen LogP contribution in [0.5, 0.6) is 0 Å². The fraction of sp³-hybridized carbons (Fsp3) is 0.0909. The van der Waals surface area contributed by atoms with Gasteiger partial charge < -0.3 is 9.52 Å². The lowest BCUT2D eigenvalue weighted by molar-refractivity contribution is 0.0690. The summed E-state index contributed by atoms with van der Waals surface area (Å²) in [6, 6.07) is 4.32. The SMILES string of the molecule is Cc1cc(-c2nc(C(=O)O)co2)ccc1F. The van der Waals surface area contributed by atoms with E-state index in [0.717, 1.165) is 6.26 Å². The Balaban J connectivity index is 2.42. The lowest BCUT2D eigenvalue weighted by atomic mass is 10.1. The highest BCUT2D eigenvalue weighted by atomic mass is 19.1. The second-order valence-corrected chi connectivity index (χ2v) is 3.31. The molecule has 0 saturated carbocycles. The van der Waals surface area contributed by atoms with Gasteiger partial charge in [0.25, 0.3) is 0 Å². The minimum Gasteiger partial charge on any atom is -0.476 e. The van der Waals surface area contributed by atoms with Crippen molar-refractivity contribution in [2.24, 2.45) is 0 Å². The van der Waals surface area contributed by atoms with Gasteiger partial charge in [-0.15, -0.1) is 0 Å². The van der Waals surface area contributed by atoms with Crippen molar-refractivity contribution in [3.63, 3.8) is 0 Å². The van der Waals surface area contributed by atoms with Gasteiger partial charge in [0.15, 0.2) is 5.69 Å². The van der Waals surface area contributed by atoms with Crippen molar-refractivity contribution in [1.29, 1.82) is 0 Å². The first-order chi connectivity index (χ1) is 7.58. The monoisotopic (exact) mass is 221 g/mol. The average Bonchev–Trinajstić information content (AvgIpc) is 2.71. The van der Waals surface area contributed by atoms with Gasteiger partial charge in [-0.05, 0) is 30.7 Å². The third-order valence-corrected chi connectivity index (χ3v) is 2.13. The summed E-state index contributed by atoms with van der Waals surface area (Å²) < 4.78 is 18.0. The maximum atomic E-state index is 13.0. The molecular formula is C11H8FNO3. The maximum Gasteiger partial charge on any atom is 0.357 e. The summed E-state index contributed by atoms with van der Waals surface area (Å²) in [5, 5.41) is 8.66. The van der Waals surface area contributed by atoms with E-state index in [-0.39, 0.29) is 17.4 Å². The first kappa shape index (κ1) is 10.4. The van der Waals surface area contributed by atoms with Crippen LogP contribution in [0.2, 0.25) is 0 Å². The summed E-state index contributed by atoms with van der Waals surface area (Å²) in [6.07, 6.45) is 1.05. The molecule has 2 aromatic rings. The second kappa shape index (κ2) is 3.77. The standard InChI is InChI=1S/C11H8FNO3/c1-6-4-7(2-3-8(6)12)10-13-9(5-16-10)11(14)15/h2-5H,1H3,(H,14,15). The van der Waals surface area contributed by atoms with Crippen molar-refractivity contribution in [1.82, 2.24) is 4.98 Å². The van der Waals surface area contributed by atoms with Crippen LogP contribution in [0, 0.1) is 12.7 Å². The number of nitrogens with zero attached hydrogens (tertiary/aromatic N) is 1. The Morgan fingerprint density at radius 1 is 1.50 bits per heavy atom. The van der Waals surface area contributed by atoms with Gasteiger partial charge in [0.2, 0.25) is 5.89 Å². The number of carbonyl (C=O) groups is 1. The van der Waals surface area contributed by atoms with Crippen molar-refractivity contribution in [3.05, 3.63) is 41.5 Å². The number of aryl methyl sites for hydroxylation is 1. The predicted octanol–water partition coefficient (Wildman–Crippen LogP) is 2.49. The fourth-order valence-corrected chi connectivity index (χ4v) is 1.28. The molecule has 5 heteroatoms. The zero-order chi connectivity index (χ0) is 11.7. The van der Waals surface area contributed by atoms with Crippen LogP contribution in [0.25, 0.3) is 11.5 Å². The first-order valence-corrected chi connectivity index (χ1v) is 4.53. The van der Waals surface area contributed by atoms with E-state index in [2.05, 4.69) is 4.98 Å². The zero-order valence-electron chi connectivity index (χ0n) is 8.40. The van der Waals surface area contributed by atoms with E-state index >= 15 is 0 Å². The third kappa shape index (κ3) is 1.79. The molecule has 0 aliphatic carbocycles. The van der Waals surface area contributed by atoms with Crippen LogP contribution in [-0.2, 0) is 0 Å². The van der Waals surface area contributed by atoms with Crippen LogP contribution in [0.4, 0.5) is 4.39 Å². The first-order valence-electron chi connectivity index (χ1n) is 4.53. The molecule has 0 saturated heterocycles. The smallest absolute Gasteiger partial charge is 0.357 e. The van der Waals surface area contributed by atoms with Crippen LogP contribution in [0.3, 0.4) is 0 Å². The Kier molecular flexibility index (Phi) is 2.44. The number of hydrogen-bond donors (Lipinski definition) is 1. The number of benzene rings is 1. The lowest BCUT2D eigenvalue weighted by Gasteiger charge is -1.98. The summed E-state index contributed by atoms with van der Waals surface area (Å²) in [6.45, 7) is 1.61. The van der Waals surface area contributed by atoms with Gasteiger partial charge in [-0.2, -0.15) is 0 Å². The Morgan fingerprint density at radius 2 is 2.25 bits per heavy atom. The lowest BCUT2D eigenvalue weighted by Crippen LogP contribution is -1.95. The molecule has 2 rings (SSSR count). The highest BCUT2D eigenvalue weighted by molar-refractivity contribution is 5.85. The number of rotatable bonds is 2.